The zero-order valence-corrected chi connectivity index (χ0v) is 18.9. The molecule has 1 saturated carbocycles. The van der Waals surface area contributed by atoms with Gasteiger partial charge in [-0.25, -0.2) is 14.4 Å². The van der Waals surface area contributed by atoms with Gasteiger partial charge in [-0.3, -0.25) is 0 Å². The minimum Gasteiger partial charge on any atom is -0.385 e. The molecule has 3 rings (SSSR count). The van der Waals surface area contributed by atoms with Crippen molar-refractivity contribution in [3.63, 3.8) is 0 Å². The Balaban J connectivity index is 1.65. The summed E-state index contributed by atoms with van der Waals surface area (Å²) in [7, 11) is 1.73. The minimum atomic E-state index is -0.465. The maximum Gasteiger partial charge on any atom is 0.223 e. The van der Waals surface area contributed by atoms with E-state index in [1.165, 1.54) is 19.0 Å². The summed E-state index contributed by atoms with van der Waals surface area (Å²) in [6, 6.07) is 2.14. The van der Waals surface area contributed by atoms with Crippen molar-refractivity contribution in [3.05, 3.63) is 24.3 Å². The van der Waals surface area contributed by atoms with Gasteiger partial charge in [0, 0.05) is 31.9 Å². The van der Waals surface area contributed by atoms with Crippen molar-refractivity contribution in [1.82, 2.24) is 20.2 Å². The Labute approximate surface area is 184 Å². The number of aromatic nitrogens is 4. The van der Waals surface area contributed by atoms with Crippen LogP contribution in [0.5, 0.6) is 0 Å². The molecule has 31 heavy (non-hydrogen) atoms. The van der Waals surface area contributed by atoms with Crippen LogP contribution in [0.1, 0.15) is 58.8 Å². The molecular weight excluding hydrogens is 395 g/mol. The van der Waals surface area contributed by atoms with Crippen LogP contribution in [0.15, 0.2) is 18.5 Å². The number of ether oxygens (including phenoxy) is 1. The summed E-state index contributed by atoms with van der Waals surface area (Å²) in [5.41, 5.74) is 0.830. The molecule has 0 spiro atoms. The van der Waals surface area contributed by atoms with Crippen LogP contribution in [-0.2, 0) is 4.74 Å². The lowest BCUT2D eigenvalue weighted by Crippen LogP contribution is -2.26. The average Bonchev–Trinajstić information content (AvgIpc) is 2.79. The highest BCUT2D eigenvalue weighted by molar-refractivity contribution is 5.63. The Bertz CT molecular complexity index is 812. The highest BCUT2D eigenvalue weighted by atomic mass is 19.1. The molecule has 0 aromatic carbocycles. The fourth-order valence-electron chi connectivity index (χ4n) is 4.02. The van der Waals surface area contributed by atoms with Crippen LogP contribution in [-0.4, -0.2) is 46.5 Å². The van der Waals surface area contributed by atoms with E-state index in [2.05, 4.69) is 44.6 Å². The van der Waals surface area contributed by atoms with Gasteiger partial charge in [0.15, 0.2) is 5.82 Å². The highest BCUT2D eigenvalue weighted by Crippen LogP contribution is 2.27. The molecule has 2 aromatic heterocycles. The number of nitrogens with zero attached hydrogens (tertiary/aromatic N) is 4. The number of nitrogens with one attached hydrogen (secondary N) is 2. The summed E-state index contributed by atoms with van der Waals surface area (Å²) in [6.07, 6.45) is 10.5. The van der Waals surface area contributed by atoms with Crippen LogP contribution >= 0.6 is 0 Å². The summed E-state index contributed by atoms with van der Waals surface area (Å²) in [6.45, 7) is 6.03. The van der Waals surface area contributed by atoms with Crippen molar-refractivity contribution in [1.29, 1.82) is 0 Å². The first kappa shape index (κ1) is 23.3. The van der Waals surface area contributed by atoms with Gasteiger partial charge in [-0.2, -0.15) is 5.10 Å². The lowest BCUT2D eigenvalue weighted by atomic mass is 9.87. The molecule has 0 aliphatic heterocycles. The molecular formula is C23H35FN6O. The number of hydrogen-bond acceptors (Lipinski definition) is 7. The molecule has 1 aliphatic rings. The van der Waals surface area contributed by atoms with Crippen LogP contribution in [0.3, 0.4) is 0 Å². The van der Waals surface area contributed by atoms with Crippen molar-refractivity contribution < 1.29 is 9.13 Å². The standard InChI is InChI=1S/C23H35FN6O/c1-4-17(6-5-11-31-3)13-25-21-12-18(14-27-30-21)22-20(24)15-26-23(29-22)28-19-9-7-16(2)8-10-19/h12,14-17,19H,4-11,13H2,1-3H3,(H,25,30)(H,26,28,29). The Morgan fingerprint density at radius 1 is 1.23 bits per heavy atom. The smallest absolute Gasteiger partial charge is 0.223 e. The predicted octanol–water partition coefficient (Wildman–Crippen LogP) is 4.93. The van der Waals surface area contributed by atoms with E-state index in [-0.39, 0.29) is 5.69 Å². The van der Waals surface area contributed by atoms with Crippen LogP contribution in [0.2, 0.25) is 0 Å². The summed E-state index contributed by atoms with van der Waals surface area (Å²) >= 11 is 0. The van der Waals surface area contributed by atoms with Crippen molar-refractivity contribution >= 4 is 11.8 Å². The molecule has 1 atom stereocenters. The Morgan fingerprint density at radius 3 is 2.77 bits per heavy atom. The van der Waals surface area contributed by atoms with Crippen molar-refractivity contribution in [3.8, 4) is 11.3 Å². The fraction of sp³-hybridized carbons (Fsp3) is 0.652. The van der Waals surface area contributed by atoms with E-state index in [0.29, 0.717) is 29.3 Å². The number of halogens is 1. The van der Waals surface area contributed by atoms with Gasteiger partial charge in [-0.05, 0) is 56.4 Å². The summed E-state index contributed by atoms with van der Waals surface area (Å²) in [5, 5.41) is 14.9. The minimum absolute atomic E-state index is 0.242. The molecule has 1 aliphatic carbocycles. The van der Waals surface area contributed by atoms with Crippen LogP contribution in [0.4, 0.5) is 16.2 Å². The Morgan fingerprint density at radius 2 is 2.03 bits per heavy atom. The van der Waals surface area contributed by atoms with Crippen molar-refractivity contribution in [2.75, 3.05) is 30.9 Å². The fourth-order valence-corrected chi connectivity index (χ4v) is 4.02. The Kier molecular flexibility index (Phi) is 8.94. The van der Waals surface area contributed by atoms with E-state index in [4.69, 9.17) is 4.74 Å². The van der Waals surface area contributed by atoms with E-state index in [0.717, 1.165) is 51.2 Å². The van der Waals surface area contributed by atoms with Gasteiger partial charge >= 0.3 is 0 Å². The van der Waals surface area contributed by atoms with Gasteiger partial charge in [0.05, 0.1) is 12.4 Å². The maximum absolute atomic E-state index is 14.5. The molecule has 2 aromatic rings. The second-order valence-electron chi connectivity index (χ2n) is 8.61. The van der Waals surface area contributed by atoms with Gasteiger partial charge in [-0.1, -0.05) is 20.3 Å². The van der Waals surface area contributed by atoms with Gasteiger partial charge in [0.25, 0.3) is 0 Å². The molecule has 170 valence electrons. The van der Waals surface area contributed by atoms with Gasteiger partial charge in [0.2, 0.25) is 5.95 Å². The topological polar surface area (TPSA) is 84.9 Å². The normalized spacial score (nSPS) is 19.7. The van der Waals surface area contributed by atoms with E-state index < -0.39 is 5.82 Å². The first-order chi connectivity index (χ1) is 15.1. The molecule has 8 heteroatoms. The van der Waals surface area contributed by atoms with Crippen LogP contribution in [0, 0.1) is 17.7 Å². The molecule has 2 N–H and O–H groups in total. The molecule has 7 nitrogen and oxygen atoms in total. The molecule has 0 bridgehead atoms. The summed E-state index contributed by atoms with van der Waals surface area (Å²) < 4.78 is 19.7. The zero-order chi connectivity index (χ0) is 22.1. The van der Waals surface area contributed by atoms with Gasteiger partial charge < -0.3 is 15.4 Å². The van der Waals surface area contributed by atoms with Crippen molar-refractivity contribution in [2.45, 2.75) is 64.8 Å². The predicted molar refractivity (Wildman–Crippen MR) is 121 cm³/mol. The first-order valence-corrected chi connectivity index (χ1v) is 11.4. The SMILES string of the molecule is CCC(CCCOC)CNc1cc(-c2nc(NC3CCC(C)CC3)ncc2F)cnn1. The summed E-state index contributed by atoms with van der Waals surface area (Å²) in [5.74, 6) is 1.91. The molecule has 1 fully saturated rings. The number of hydrogen-bond donors (Lipinski definition) is 2. The monoisotopic (exact) mass is 430 g/mol. The second kappa shape index (κ2) is 11.9. The second-order valence-corrected chi connectivity index (χ2v) is 8.61. The third-order valence-electron chi connectivity index (χ3n) is 6.13. The lowest BCUT2D eigenvalue weighted by Gasteiger charge is -2.26. The van der Waals surface area contributed by atoms with Gasteiger partial charge in [0.1, 0.15) is 11.5 Å². The number of methoxy groups -OCH3 is 1. The molecule has 0 saturated heterocycles. The highest BCUT2D eigenvalue weighted by Gasteiger charge is 2.20. The molecule has 0 radical (unpaired) electrons. The van der Waals surface area contributed by atoms with E-state index in [9.17, 15) is 4.39 Å². The molecule has 0 amide bonds. The lowest BCUT2D eigenvalue weighted by molar-refractivity contribution is 0.187. The van der Waals surface area contributed by atoms with E-state index in [1.54, 1.807) is 19.4 Å². The quantitative estimate of drug-likeness (QED) is 0.489. The average molecular weight is 431 g/mol. The van der Waals surface area contributed by atoms with E-state index in [1.807, 2.05) is 0 Å². The molecule has 2 heterocycles. The van der Waals surface area contributed by atoms with Crippen LogP contribution < -0.4 is 10.6 Å². The van der Waals surface area contributed by atoms with Crippen molar-refractivity contribution in [2.24, 2.45) is 11.8 Å². The number of anilines is 2. The van der Waals surface area contributed by atoms with E-state index >= 15 is 0 Å². The Hall–Kier alpha value is -2.35. The first-order valence-electron chi connectivity index (χ1n) is 11.4. The third kappa shape index (κ3) is 7.09. The maximum atomic E-state index is 14.5. The largest absolute Gasteiger partial charge is 0.385 e. The van der Waals surface area contributed by atoms with Crippen LogP contribution in [0.25, 0.3) is 11.3 Å². The third-order valence-corrected chi connectivity index (χ3v) is 6.13. The van der Waals surface area contributed by atoms with Gasteiger partial charge in [-0.15, -0.1) is 5.10 Å². The summed E-state index contributed by atoms with van der Waals surface area (Å²) in [4.78, 5) is 8.60. The number of rotatable bonds is 11. The zero-order valence-electron chi connectivity index (χ0n) is 18.9. The molecule has 1 unspecified atom stereocenters.